The van der Waals surface area contributed by atoms with Crippen LogP contribution in [0.2, 0.25) is 0 Å². The van der Waals surface area contributed by atoms with Crippen LogP contribution in [0.15, 0.2) is 30.3 Å². The van der Waals surface area contributed by atoms with Gasteiger partial charge in [0.1, 0.15) is 43.2 Å². The summed E-state index contributed by atoms with van der Waals surface area (Å²) in [5, 5.41) is -1.09. The van der Waals surface area contributed by atoms with E-state index >= 15 is 0 Å². The van der Waals surface area contributed by atoms with Crippen LogP contribution in [0.4, 0.5) is 0 Å². The predicted molar refractivity (Wildman–Crippen MR) is 149 cm³/mol. The number of hydrogen-bond donors (Lipinski definition) is 1. The zero-order valence-electron chi connectivity index (χ0n) is 21.3. The zero-order valence-corrected chi connectivity index (χ0v) is 21.3. The molecule has 0 aromatic heterocycles. The van der Waals surface area contributed by atoms with Gasteiger partial charge in [-0.1, -0.05) is 34.7 Å². The summed E-state index contributed by atoms with van der Waals surface area (Å²) in [4.78, 5) is 40.4. The minimum Gasteiger partial charge on any atom is -0.502 e. The van der Waals surface area contributed by atoms with Gasteiger partial charge in [0.15, 0.2) is 0 Å². The van der Waals surface area contributed by atoms with Gasteiger partial charge in [0.25, 0.3) is 5.91 Å². The van der Waals surface area contributed by atoms with Crippen LogP contribution in [-0.4, -0.2) is 107 Å². The smallest absolute Gasteiger partial charge is 0.255 e. The average Bonchev–Trinajstić information content (AvgIpc) is 3.23. The minimum absolute atomic E-state index is 0.0554. The van der Waals surface area contributed by atoms with Gasteiger partial charge in [-0.3, -0.25) is 19.7 Å². The van der Waals surface area contributed by atoms with Gasteiger partial charge in [0, 0.05) is 36.0 Å². The highest BCUT2D eigenvalue weighted by Gasteiger charge is 2.41. The molecular weight excluding hydrogens is 487 g/mol. The Morgan fingerprint density at radius 3 is 2.31 bits per heavy atom. The van der Waals surface area contributed by atoms with Crippen molar-refractivity contribution in [2.75, 3.05) is 26.3 Å². The van der Waals surface area contributed by atoms with Gasteiger partial charge in [-0.25, -0.2) is 0 Å². The molecule has 5 rings (SSSR count). The van der Waals surface area contributed by atoms with Crippen LogP contribution < -0.4 is 21.0 Å². The zero-order chi connectivity index (χ0) is 28.1. The van der Waals surface area contributed by atoms with Crippen LogP contribution in [-0.2, 0) is 31.6 Å². The number of morpholine rings is 1. The van der Waals surface area contributed by atoms with Crippen molar-refractivity contribution in [2.45, 2.75) is 36.2 Å². The molecule has 0 bridgehead atoms. The monoisotopic (exact) mass is 509 g/mol. The van der Waals surface area contributed by atoms with E-state index in [2.05, 4.69) is 5.32 Å². The summed E-state index contributed by atoms with van der Waals surface area (Å²) in [6.45, 7) is 2.07. The second-order valence-electron chi connectivity index (χ2n) is 9.99. The molecule has 2 aromatic rings. The second-order valence-corrected chi connectivity index (χ2v) is 9.99. The summed E-state index contributed by atoms with van der Waals surface area (Å²) in [7, 11) is 38.5. The van der Waals surface area contributed by atoms with Crippen molar-refractivity contribution in [3.05, 3.63) is 52.6 Å². The Labute approximate surface area is 235 Å². The van der Waals surface area contributed by atoms with Crippen molar-refractivity contribution in [3.8, 4) is 5.75 Å². The Balaban J connectivity index is 1.41. The summed E-state index contributed by atoms with van der Waals surface area (Å²) in [5.41, 5.74) is 1.60. The minimum atomic E-state index is -1.96. The number of benzene rings is 2. The number of rotatable bonds is 6. The molecule has 3 amide bonds. The van der Waals surface area contributed by atoms with Crippen molar-refractivity contribution in [1.82, 2.24) is 15.1 Å². The number of imide groups is 1. The van der Waals surface area contributed by atoms with Crippen LogP contribution in [0, 0.1) is 0 Å². The lowest BCUT2D eigenvalue weighted by Gasteiger charge is -2.44. The molecule has 8 nitrogen and oxygen atoms in total. The highest BCUT2D eigenvalue weighted by atomic mass is 16.5. The SMILES string of the molecule is [B]c1c(C([B])([B])Oc2cccc3c2CN(C2CCC(=O)NC2=O)C3=O)ccc(C([B])([B])N2CCOCC2)c1[B]. The molecule has 12 radical (unpaired) electrons. The molecule has 2 fully saturated rings. The van der Waals surface area contributed by atoms with Gasteiger partial charge < -0.3 is 19.3 Å². The third-order valence-corrected chi connectivity index (χ3v) is 7.49. The molecule has 184 valence electrons. The van der Waals surface area contributed by atoms with E-state index in [1.165, 1.54) is 4.90 Å². The highest BCUT2D eigenvalue weighted by Crippen LogP contribution is 2.36. The number of amides is 3. The normalized spacial score (nSPS) is 20.6. The van der Waals surface area contributed by atoms with E-state index in [0.29, 0.717) is 43.0 Å². The lowest BCUT2D eigenvalue weighted by molar-refractivity contribution is -0.136. The molecule has 14 heteroatoms. The fourth-order valence-corrected chi connectivity index (χ4v) is 5.32. The fraction of sp³-hybridized carbons (Fsp3) is 0.400. The molecule has 2 saturated heterocycles. The predicted octanol–water partition coefficient (Wildman–Crippen LogP) is -2.66. The molecule has 2 aromatic carbocycles. The summed E-state index contributed by atoms with van der Waals surface area (Å²) in [5.74, 6) is -1.00. The fourth-order valence-electron chi connectivity index (χ4n) is 5.32. The molecule has 0 saturated carbocycles. The van der Waals surface area contributed by atoms with Crippen LogP contribution in [0.25, 0.3) is 0 Å². The second kappa shape index (κ2) is 10.3. The number of nitrogens with zero attached hydrogens (tertiary/aromatic N) is 2. The first kappa shape index (κ1) is 27.7. The maximum absolute atomic E-state index is 13.1. The maximum atomic E-state index is 13.1. The molecular formula is C25H21B6N3O5. The van der Waals surface area contributed by atoms with Crippen molar-refractivity contribution in [3.63, 3.8) is 0 Å². The summed E-state index contributed by atoms with van der Waals surface area (Å²) >= 11 is 0. The number of piperidine rings is 1. The van der Waals surface area contributed by atoms with Gasteiger partial charge in [-0.05, 0) is 29.5 Å². The highest BCUT2D eigenvalue weighted by molar-refractivity contribution is 6.53. The molecule has 3 aliphatic rings. The molecule has 39 heavy (non-hydrogen) atoms. The number of ether oxygens (including phenoxy) is 2. The number of nitrogens with one attached hydrogen (secondary N) is 1. The standard InChI is InChI=1S/C25H21B6N3O5/c26-20-15(24(28,29)33-8-10-38-11-9-33)4-5-16(21(20)27)25(30,31)39-18-3-1-2-13-14(18)12-34(23(13)37)17-6-7-19(35)32-22(17)36/h1-5,17H,6-12H2,(H,32,35,36). The Bertz CT molecular complexity index is 1350. The lowest BCUT2D eigenvalue weighted by atomic mass is 9.51. The third-order valence-electron chi connectivity index (χ3n) is 7.49. The molecule has 3 heterocycles. The first-order chi connectivity index (χ1) is 18.4. The largest absolute Gasteiger partial charge is 0.502 e. The summed E-state index contributed by atoms with van der Waals surface area (Å²) in [6, 6.07) is 7.25. The molecule has 1 N–H and O–H groups in total. The number of carbonyl (C=O) groups excluding carboxylic acids is 3. The van der Waals surface area contributed by atoms with Gasteiger partial charge in [-0.2, -0.15) is 0 Å². The van der Waals surface area contributed by atoms with Crippen molar-refractivity contribution in [1.29, 1.82) is 0 Å². The number of carbonyl (C=O) groups is 3. The van der Waals surface area contributed by atoms with E-state index in [1.807, 2.05) is 4.90 Å². The van der Waals surface area contributed by atoms with Crippen molar-refractivity contribution >= 4 is 75.7 Å². The Kier molecular flexibility index (Phi) is 7.31. The lowest BCUT2D eigenvalue weighted by Crippen LogP contribution is -2.56. The molecule has 1 atom stereocenters. The van der Waals surface area contributed by atoms with E-state index in [0.717, 1.165) is 0 Å². The average molecular weight is 508 g/mol. The first-order valence-electron chi connectivity index (χ1n) is 12.5. The quantitative estimate of drug-likeness (QED) is 0.339. The van der Waals surface area contributed by atoms with Crippen LogP contribution in [0.5, 0.6) is 5.75 Å². The van der Waals surface area contributed by atoms with E-state index in [1.54, 1.807) is 30.3 Å². The molecule has 0 aliphatic carbocycles. The third kappa shape index (κ3) is 4.97. The van der Waals surface area contributed by atoms with E-state index in [9.17, 15) is 14.4 Å². The van der Waals surface area contributed by atoms with Crippen LogP contribution >= 0.6 is 0 Å². The molecule has 0 spiro atoms. The summed E-state index contributed by atoms with van der Waals surface area (Å²) < 4.78 is 11.4. The topological polar surface area (TPSA) is 88.2 Å². The van der Waals surface area contributed by atoms with Gasteiger partial charge >= 0.3 is 0 Å². The Morgan fingerprint density at radius 2 is 1.62 bits per heavy atom. The Hall–Kier alpha value is -2.84. The Morgan fingerprint density at radius 1 is 0.949 bits per heavy atom. The van der Waals surface area contributed by atoms with Crippen LogP contribution in [0.3, 0.4) is 0 Å². The van der Waals surface area contributed by atoms with Gasteiger partial charge in [0.05, 0.1) is 35.5 Å². The van der Waals surface area contributed by atoms with Crippen molar-refractivity contribution < 1.29 is 23.9 Å². The van der Waals surface area contributed by atoms with E-state index < -0.39 is 22.7 Å². The summed E-state index contributed by atoms with van der Waals surface area (Å²) in [6.07, 6.45) is 0.373. The van der Waals surface area contributed by atoms with Gasteiger partial charge in [0.2, 0.25) is 11.8 Å². The van der Waals surface area contributed by atoms with Crippen LogP contribution in [0.1, 0.15) is 39.9 Å². The number of fused-ring (bicyclic) bond motifs is 1. The van der Waals surface area contributed by atoms with Crippen molar-refractivity contribution in [2.24, 2.45) is 0 Å². The van der Waals surface area contributed by atoms with Gasteiger partial charge in [-0.15, -0.1) is 0 Å². The maximum Gasteiger partial charge on any atom is 0.255 e. The van der Waals surface area contributed by atoms with E-state index in [-0.39, 0.29) is 53.4 Å². The van der Waals surface area contributed by atoms with E-state index in [4.69, 9.17) is 56.6 Å². The first-order valence-corrected chi connectivity index (χ1v) is 12.5. The molecule has 1 unspecified atom stereocenters. The number of hydrogen-bond acceptors (Lipinski definition) is 6. The molecule has 3 aliphatic heterocycles.